The quantitative estimate of drug-likeness (QED) is 0.0628. The Hall–Kier alpha value is -7.20. The Balaban J connectivity index is 0.000000248. The van der Waals surface area contributed by atoms with Gasteiger partial charge in [-0.25, -0.2) is 23.4 Å². The monoisotopic (exact) mass is 908 g/mol. The number of amides is 3. The van der Waals surface area contributed by atoms with Crippen LogP contribution in [0.1, 0.15) is 61.9 Å². The lowest BCUT2D eigenvalue weighted by Crippen LogP contribution is -2.40. The van der Waals surface area contributed by atoms with Crippen LogP contribution in [0, 0.1) is 11.6 Å². The third-order valence-electron chi connectivity index (χ3n) is 10.2. The Bertz CT molecular complexity index is 2710. The van der Waals surface area contributed by atoms with Crippen molar-refractivity contribution >= 4 is 47.2 Å². The van der Waals surface area contributed by atoms with Crippen LogP contribution in [0.2, 0.25) is 0 Å². The number of carbonyl (C=O) groups is 3. The summed E-state index contributed by atoms with van der Waals surface area (Å²) in [5, 5.41) is 28.2. The molecule has 22 heteroatoms. The van der Waals surface area contributed by atoms with Crippen molar-refractivity contribution in [3.05, 3.63) is 149 Å². The van der Waals surface area contributed by atoms with Crippen LogP contribution in [0.5, 0.6) is 0 Å². The molecule has 65 heavy (non-hydrogen) atoms. The molecule has 4 aromatic carbocycles. The number of aromatic nitrogens is 4. The summed E-state index contributed by atoms with van der Waals surface area (Å²) in [5.74, 6) is -4.12. The first-order valence-electron chi connectivity index (χ1n) is 19.5. The normalized spacial score (nSPS) is 14.0. The van der Waals surface area contributed by atoms with E-state index in [1.54, 1.807) is 33.8 Å². The van der Waals surface area contributed by atoms with E-state index in [-0.39, 0.29) is 42.4 Å². The highest BCUT2D eigenvalue weighted by atomic mass is 19.4. The van der Waals surface area contributed by atoms with Crippen molar-refractivity contribution in [1.82, 2.24) is 35.3 Å². The van der Waals surface area contributed by atoms with Crippen molar-refractivity contribution in [2.24, 2.45) is 0 Å². The van der Waals surface area contributed by atoms with E-state index >= 15 is 0 Å². The predicted octanol–water partition coefficient (Wildman–Crippen LogP) is 5.97. The average Bonchev–Trinajstić information content (AvgIpc) is 3.68. The van der Waals surface area contributed by atoms with Crippen molar-refractivity contribution in [1.29, 1.82) is 0 Å². The summed E-state index contributed by atoms with van der Waals surface area (Å²) in [6, 6.07) is 16.2. The Morgan fingerprint density at radius 2 is 1.32 bits per heavy atom. The number of hydrogen-bond acceptors (Lipinski definition) is 9. The van der Waals surface area contributed by atoms with Gasteiger partial charge in [-0.3, -0.25) is 14.4 Å². The summed E-state index contributed by atoms with van der Waals surface area (Å²) in [6.45, 7) is 4.66. The number of carbonyl (C=O) groups excluding carboxylic acids is 3. The highest BCUT2D eigenvalue weighted by Gasteiger charge is 2.33. The first kappa shape index (κ1) is 47.3. The summed E-state index contributed by atoms with van der Waals surface area (Å²) in [6.07, 6.45) is -5.16. The molecule has 0 saturated carbocycles. The molecule has 0 spiro atoms. The molecule has 338 valence electrons. The molecule has 2 aromatic heterocycles. The maximum Gasteiger partial charge on any atom is 0.488 e. The van der Waals surface area contributed by atoms with Crippen LogP contribution in [0.15, 0.2) is 104 Å². The second-order valence-corrected chi connectivity index (χ2v) is 14.6. The van der Waals surface area contributed by atoms with Gasteiger partial charge >= 0.3 is 19.5 Å². The molecule has 1 saturated heterocycles. The smallest absolute Gasteiger partial charge is 0.423 e. The molecular weight excluding hydrogens is 871 g/mol. The Morgan fingerprint density at radius 1 is 0.800 bits per heavy atom. The highest BCUT2D eigenvalue weighted by molar-refractivity contribution is 6.58. The van der Waals surface area contributed by atoms with Gasteiger partial charge in [0.2, 0.25) is 5.91 Å². The molecule has 3 amide bonds. The molecule has 6 N–H and O–H groups in total. The number of benzene rings is 4. The lowest BCUT2D eigenvalue weighted by atomic mass is 9.80. The van der Waals surface area contributed by atoms with Gasteiger partial charge in [0.1, 0.15) is 29.5 Å². The average molecular weight is 909 g/mol. The maximum absolute atomic E-state index is 14.2. The first-order valence-corrected chi connectivity index (χ1v) is 19.5. The number of likely N-dealkylation sites (tertiary alicyclic amines) is 1. The molecule has 1 atom stereocenters. The van der Waals surface area contributed by atoms with Crippen LogP contribution in [-0.4, -0.2) is 72.6 Å². The van der Waals surface area contributed by atoms with E-state index in [0.29, 0.717) is 64.7 Å². The Morgan fingerprint density at radius 3 is 1.80 bits per heavy atom. The zero-order valence-corrected chi connectivity index (χ0v) is 33.8. The number of piperidine rings is 1. The number of rotatable bonds is 10. The van der Waals surface area contributed by atoms with E-state index in [1.165, 1.54) is 36.7 Å². The minimum Gasteiger partial charge on any atom is -0.423 e. The molecule has 1 aliphatic heterocycles. The van der Waals surface area contributed by atoms with E-state index in [0.717, 1.165) is 25.0 Å². The number of nitrogens with two attached hydrogens (primary N) is 1. The number of halogens is 8. The molecule has 0 aliphatic carbocycles. The lowest BCUT2D eigenvalue weighted by molar-refractivity contribution is -0.138. The van der Waals surface area contributed by atoms with E-state index < -0.39 is 65.2 Å². The third kappa shape index (κ3) is 11.3. The summed E-state index contributed by atoms with van der Waals surface area (Å²) in [4.78, 5) is 46.7. The van der Waals surface area contributed by atoms with Crippen LogP contribution in [-0.2, 0) is 30.2 Å². The Kier molecular flexibility index (Phi) is 14.3. The lowest BCUT2D eigenvalue weighted by Gasteiger charge is -2.32. The summed E-state index contributed by atoms with van der Waals surface area (Å²) < 4.78 is 105. The van der Waals surface area contributed by atoms with Gasteiger partial charge in [-0.2, -0.15) is 31.4 Å². The van der Waals surface area contributed by atoms with Gasteiger partial charge in [0.05, 0.1) is 33.7 Å². The fraction of sp³-hybridized carbons (Fsp3) is 0.209. The third-order valence-corrected chi connectivity index (χ3v) is 10.2. The summed E-state index contributed by atoms with van der Waals surface area (Å²) >= 11 is 0. The predicted molar refractivity (Wildman–Crippen MR) is 222 cm³/mol. The number of hydrogen-bond donors (Lipinski definition) is 5. The highest BCUT2D eigenvalue weighted by Crippen LogP contribution is 2.35. The number of nitrogen functional groups attached to an aromatic ring is 1. The molecule has 0 bridgehead atoms. The van der Waals surface area contributed by atoms with Crippen LogP contribution in [0.4, 0.5) is 40.9 Å². The van der Waals surface area contributed by atoms with Crippen molar-refractivity contribution in [3.8, 4) is 11.3 Å². The van der Waals surface area contributed by atoms with E-state index in [1.807, 2.05) is 0 Å². The molecule has 0 unspecified atom stereocenters. The number of anilines is 1. The SMILES string of the molecule is C=CC(=O)N1CCC[C@@H](n2nc(-c3ccc(CNC(=O)c4ccc(C(F)(F)F)cc4F)cc3)c3c(N)ncnc32)C1.O=C(NCc1ccc(B(O)O)cc1)c1ccc(C(F)(F)F)cc1F. The molecule has 0 radical (unpaired) electrons. The molecule has 1 fully saturated rings. The minimum atomic E-state index is -4.71. The number of nitrogens with one attached hydrogen (secondary N) is 2. The van der Waals surface area contributed by atoms with Crippen LogP contribution in [0.25, 0.3) is 22.3 Å². The van der Waals surface area contributed by atoms with Gasteiger partial charge in [0.15, 0.2) is 5.65 Å². The maximum atomic E-state index is 14.2. The van der Waals surface area contributed by atoms with Crippen molar-refractivity contribution in [2.75, 3.05) is 18.8 Å². The standard InChI is InChI=1S/C28H25F4N7O2.C15H12BF4NO3/c1-2-22(40)38-11-3-4-19(14-38)39-26-23(25(33)35-15-36-26)24(37-39)17-7-5-16(6-8-17)13-34-27(41)20-10-9-18(12-21(20)29)28(30,31)32;17-13-7-10(15(18,19)20)3-6-12(13)14(22)21-8-9-1-4-11(5-2-9)16(23)24/h2,5-10,12,15,19H,1,3-4,11,13-14H2,(H,34,41)(H2,33,35,36);1-7,23-24H,8H2,(H,21,22)/t19-;/m1./s1. The van der Waals surface area contributed by atoms with E-state index in [4.69, 9.17) is 20.9 Å². The van der Waals surface area contributed by atoms with E-state index in [2.05, 4.69) is 27.2 Å². The fourth-order valence-corrected chi connectivity index (χ4v) is 6.83. The van der Waals surface area contributed by atoms with Crippen LogP contribution in [0.3, 0.4) is 0 Å². The fourth-order valence-electron chi connectivity index (χ4n) is 6.83. The zero-order valence-electron chi connectivity index (χ0n) is 33.8. The number of nitrogens with zero attached hydrogens (tertiary/aromatic N) is 5. The van der Waals surface area contributed by atoms with Gasteiger partial charge in [-0.1, -0.05) is 55.1 Å². The van der Waals surface area contributed by atoms with Gasteiger partial charge < -0.3 is 31.3 Å². The Labute approximate surface area is 364 Å². The second-order valence-electron chi connectivity index (χ2n) is 14.6. The van der Waals surface area contributed by atoms with Crippen molar-refractivity contribution < 1.29 is 59.6 Å². The summed E-state index contributed by atoms with van der Waals surface area (Å²) in [5.41, 5.74) is 6.21. The topological polar surface area (TPSA) is 189 Å². The zero-order chi connectivity index (χ0) is 47.2. The van der Waals surface area contributed by atoms with Gasteiger partial charge in [0.25, 0.3) is 11.8 Å². The largest absolute Gasteiger partial charge is 0.488 e. The number of alkyl halides is 6. The van der Waals surface area contributed by atoms with E-state index in [9.17, 15) is 49.5 Å². The van der Waals surface area contributed by atoms with Crippen LogP contribution < -0.4 is 21.8 Å². The number of fused-ring (bicyclic) bond motifs is 1. The minimum absolute atomic E-state index is 0.00109. The summed E-state index contributed by atoms with van der Waals surface area (Å²) in [7, 11) is -1.62. The van der Waals surface area contributed by atoms with Gasteiger partial charge in [0, 0.05) is 31.7 Å². The molecule has 1 aliphatic rings. The second kappa shape index (κ2) is 19.7. The molecule has 13 nitrogen and oxygen atoms in total. The molecule has 7 rings (SSSR count). The molecule has 3 heterocycles. The van der Waals surface area contributed by atoms with Crippen molar-refractivity contribution in [3.63, 3.8) is 0 Å². The van der Waals surface area contributed by atoms with Crippen molar-refractivity contribution in [2.45, 2.75) is 44.3 Å². The first-order chi connectivity index (χ1) is 30.7. The molecular formula is C43H37BF8N8O5. The molecule has 6 aromatic rings. The van der Waals surface area contributed by atoms with Gasteiger partial charge in [-0.15, -0.1) is 0 Å². The van der Waals surface area contributed by atoms with Crippen LogP contribution >= 0.6 is 0 Å². The van der Waals surface area contributed by atoms with Gasteiger partial charge in [-0.05, 0) is 71.9 Å².